The Morgan fingerprint density at radius 3 is 2.39 bits per heavy atom. The van der Waals surface area contributed by atoms with E-state index in [0.717, 1.165) is 47.7 Å². The van der Waals surface area contributed by atoms with Gasteiger partial charge in [0.05, 0.1) is 22.2 Å². The summed E-state index contributed by atoms with van der Waals surface area (Å²) in [7, 11) is 0. The monoisotopic (exact) mass is 637 g/mol. The minimum absolute atomic E-state index is 0.139. The van der Waals surface area contributed by atoms with Gasteiger partial charge in [0.25, 0.3) is 0 Å². The summed E-state index contributed by atoms with van der Waals surface area (Å²) in [5.41, 5.74) is 5.97. The van der Waals surface area contributed by atoms with Crippen LogP contribution in [0.1, 0.15) is 39.7 Å². The molecule has 5 rings (SSSR count). The second-order valence-electron chi connectivity index (χ2n) is 9.13. The molecule has 5 aromatic rings. The molecule has 2 heterocycles. The number of fused-ring (bicyclic) bond motifs is 2. The Balaban J connectivity index is 1.62. The number of carbonyl (C=O) groups is 1. The molecule has 0 amide bonds. The van der Waals surface area contributed by atoms with Gasteiger partial charge in [-0.15, -0.1) is 0 Å². The molecular weight excluding hydrogens is 614 g/mol. The third kappa shape index (κ3) is 4.78. The minimum atomic E-state index is -0.447. The summed E-state index contributed by atoms with van der Waals surface area (Å²) in [6, 6.07) is 17.1. The first-order chi connectivity index (χ1) is 18.2. The van der Waals surface area contributed by atoms with Crippen molar-refractivity contribution in [1.82, 2.24) is 4.57 Å². The maximum atomic E-state index is 13.1. The predicted molar refractivity (Wildman–Crippen MR) is 156 cm³/mol. The Hall–Kier alpha value is -3.36. The molecule has 0 bridgehead atoms. The van der Waals surface area contributed by atoms with Crippen LogP contribution < -0.4 is 10.4 Å². The van der Waals surface area contributed by atoms with Gasteiger partial charge in [0.15, 0.2) is 0 Å². The lowest BCUT2D eigenvalue weighted by atomic mass is 10.1. The van der Waals surface area contributed by atoms with E-state index in [2.05, 4.69) is 31.9 Å². The molecule has 0 saturated carbocycles. The summed E-state index contributed by atoms with van der Waals surface area (Å²) in [6.45, 7) is 8.12. The number of benzene rings is 3. The normalized spacial score (nSPS) is 11.3. The molecule has 2 aromatic heterocycles. The minimum Gasteiger partial charge on any atom is -0.488 e. The van der Waals surface area contributed by atoms with Gasteiger partial charge in [0.2, 0.25) is 0 Å². The van der Waals surface area contributed by atoms with Crippen LogP contribution in [0.25, 0.3) is 27.6 Å². The van der Waals surface area contributed by atoms with E-state index in [1.165, 1.54) is 6.07 Å². The highest BCUT2D eigenvalue weighted by molar-refractivity contribution is 9.10. The van der Waals surface area contributed by atoms with Crippen LogP contribution in [0.5, 0.6) is 5.75 Å². The van der Waals surface area contributed by atoms with Crippen LogP contribution in [0.15, 0.2) is 72.8 Å². The topological polar surface area (TPSA) is 70.7 Å². The van der Waals surface area contributed by atoms with Crippen molar-refractivity contribution in [3.63, 3.8) is 0 Å². The Morgan fingerprint density at radius 1 is 0.947 bits per heavy atom. The summed E-state index contributed by atoms with van der Waals surface area (Å²) >= 11 is 7.15. The van der Waals surface area contributed by atoms with Gasteiger partial charge in [-0.3, -0.25) is 0 Å². The van der Waals surface area contributed by atoms with Crippen molar-refractivity contribution in [2.45, 2.75) is 34.3 Å². The van der Waals surface area contributed by atoms with Gasteiger partial charge < -0.3 is 18.5 Å². The number of ether oxygens (including phenoxy) is 2. The second-order valence-corrected chi connectivity index (χ2v) is 10.8. The summed E-state index contributed by atoms with van der Waals surface area (Å²) in [4.78, 5) is 25.3. The highest BCUT2D eigenvalue weighted by atomic mass is 79.9. The summed E-state index contributed by atoms with van der Waals surface area (Å²) in [6.07, 6.45) is 0. The Bertz CT molecular complexity index is 1770. The fraction of sp³-hybridized carbons (Fsp3) is 0.200. The Labute approximate surface area is 236 Å². The first-order valence-electron chi connectivity index (χ1n) is 12.1. The van der Waals surface area contributed by atoms with Crippen molar-refractivity contribution >= 4 is 59.7 Å². The molecule has 0 N–H and O–H groups in total. The van der Waals surface area contributed by atoms with E-state index >= 15 is 0 Å². The van der Waals surface area contributed by atoms with E-state index < -0.39 is 5.63 Å². The zero-order valence-corrected chi connectivity index (χ0v) is 24.5. The van der Waals surface area contributed by atoms with Crippen molar-refractivity contribution in [3.05, 3.63) is 102 Å². The molecule has 38 heavy (non-hydrogen) atoms. The molecule has 0 spiro atoms. The van der Waals surface area contributed by atoms with E-state index in [9.17, 15) is 9.59 Å². The molecule has 0 atom stereocenters. The number of carbonyl (C=O) groups excluding carboxylic acids is 1. The van der Waals surface area contributed by atoms with Crippen LogP contribution in [0, 0.1) is 20.8 Å². The fourth-order valence-electron chi connectivity index (χ4n) is 4.65. The molecule has 0 radical (unpaired) electrons. The standard InChI is InChI=1S/C30H25Br2NO5/c1-5-36-30(35)29-18(4)33(20-8-6-16(2)7-9-20)25-13-24(32)27(12-22(25)29)37-15-19-11-28(34)38-26-14-23(31)17(3)10-21(19)26/h6-14H,5,15H2,1-4H3. The van der Waals surface area contributed by atoms with Crippen LogP contribution in [0.3, 0.4) is 0 Å². The number of aromatic nitrogens is 1. The predicted octanol–water partition coefficient (Wildman–Crippen LogP) is 7.94. The molecule has 0 unspecified atom stereocenters. The lowest BCUT2D eigenvalue weighted by Crippen LogP contribution is -2.07. The smallest absolute Gasteiger partial charge is 0.340 e. The van der Waals surface area contributed by atoms with Gasteiger partial charge in [-0.2, -0.15) is 0 Å². The summed E-state index contributed by atoms with van der Waals surface area (Å²) < 4.78 is 20.7. The maximum Gasteiger partial charge on any atom is 0.340 e. The first kappa shape index (κ1) is 26.3. The SMILES string of the molecule is CCOC(=O)c1c(C)n(-c2ccc(C)cc2)c2cc(Br)c(OCc3cc(=O)oc4cc(Br)c(C)cc34)cc12. The number of hydrogen-bond acceptors (Lipinski definition) is 5. The molecule has 6 nitrogen and oxygen atoms in total. The van der Waals surface area contributed by atoms with Crippen molar-refractivity contribution in [3.8, 4) is 11.4 Å². The lowest BCUT2D eigenvalue weighted by molar-refractivity contribution is 0.0527. The number of rotatable bonds is 6. The highest BCUT2D eigenvalue weighted by Gasteiger charge is 2.24. The average molecular weight is 639 g/mol. The van der Waals surface area contributed by atoms with E-state index in [1.807, 2.05) is 67.8 Å². The first-order valence-corrected chi connectivity index (χ1v) is 13.7. The Kier molecular flexibility index (Phi) is 7.20. The van der Waals surface area contributed by atoms with Crippen molar-refractivity contribution in [1.29, 1.82) is 0 Å². The van der Waals surface area contributed by atoms with Gasteiger partial charge in [0.1, 0.15) is 17.9 Å². The number of nitrogens with zero attached hydrogens (tertiary/aromatic N) is 1. The number of hydrogen-bond donors (Lipinski definition) is 0. The van der Waals surface area contributed by atoms with Gasteiger partial charge in [-0.05, 0) is 85.6 Å². The molecule has 3 aromatic carbocycles. The van der Waals surface area contributed by atoms with Crippen LogP contribution in [0.2, 0.25) is 0 Å². The quantitative estimate of drug-likeness (QED) is 0.139. The van der Waals surface area contributed by atoms with Gasteiger partial charge in [-0.25, -0.2) is 9.59 Å². The largest absolute Gasteiger partial charge is 0.488 e. The third-order valence-corrected chi connectivity index (χ3v) is 8.00. The van der Waals surface area contributed by atoms with Gasteiger partial charge in [-0.1, -0.05) is 33.6 Å². The maximum absolute atomic E-state index is 13.1. The Morgan fingerprint density at radius 2 is 1.68 bits per heavy atom. The average Bonchev–Trinajstić information content (AvgIpc) is 3.14. The molecule has 0 aliphatic carbocycles. The molecule has 0 saturated heterocycles. The second kappa shape index (κ2) is 10.4. The van der Waals surface area contributed by atoms with E-state index in [1.54, 1.807) is 13.0 Å². The van der Waals surface area contributed by atoms with Crippen LogP contribution in [-0.4, -0.2) is 17.1 Å². The fourth-order valence-corrected chi connectivity index (χ4v) is 5.41. The third-order valence-electron chi connectivity index (χ3n) is 6.52. The molecule has 194 valence electrons. The van der Waals surface area contributed by atoms with E-state index in [4.69, 9.17) is 13.9 Å². The van der Waals surface area contributed by atoms with Gasteiger partial charge >= 0.3 is 11.6 Å². The number of aryl methyl sites for hydroxylation is 2. The van der Waals surface area contributed by atoms with Crippen LogP contribution in [-0.2, 0) is 11.3 Å². The van der Waals surface area contributed by atoms with E-state index in [0.29, 0.717) is 22.5 Å². The zero-order valence-electron chi connectivity index (χ0n) is 21.4. The summed E-state index contributed by atoms with van der Waals surface area (Å²) in [5.74, 6) is 0.154. The van der Waals surface area contributed by atoms with Crippen molar-refractivity contribution in [2.24, 2.45) is 0 Å². The molecule has 8 heteroatoms. The number of esters is 1. The molecule has 0 aliphatic rings. The van der Waals surface area contributed by atoms with Crippen LogP contribution in [0.4, 0.5) is 0 Å². The van der Waals surface area contributed by atoms with Gasteiger partial charge in [0, 0.05) is 38.3 Å². The number of halogens is 2. The van der Waals surface area contributed by atoms with Crippen molar-refractivity contribution < 1.29 is 18.7 Å². The van der Waals surface area contributed by atoms with E-state index in [-0.39, 0.29) is 19.2 Å². The molecule has 0 aliphatic heterocycles. The van der Waals surface area contributed by atoms with Crippen LogP contribution >= 0.6 is 31.9 Å². The highest BCUT2D eigenvalue weighted by Crippen LogP contribution is 2.38. The summed E-state index contributed by atoms with van der Waals surface area (Å²) in [5, 5.41) is 1.52. The lowest BCUT2D eigenvalue weighted by Gasteiger charge is -2.12. The van der Waals surface area contributed by atoms with Crippen molar-refractivity contribution in [2.75, 3.05) is 6.61 Å². The molecular formula is C30H25Br2NO5. The molecule has 0 fully saturated rings. The zero-order chi connectivity index (χ0) is 27.1.